The van der Waals surface area contributed by atoms with Gasteiger partial charge in [0, 0.05) is 47.2 Å². The van der Waals surface area contributed by atoms with Crippen molar-refractivity contribution in [3.63, 3.8) is 0 Å². The van der Waals surface area contributed by atoms with Gasteiger partial charge in [-0.15, -0.1) is 0 Å². The van der Waals surface area contributed by atoms with E-state index in [1.807, 2.05) is 54.6 Å². The van der Waals surface area contributed by atoms with Gasteiger partial charge in [-0.25, -0.2) is 0 Å². The lowest BCUT2D eigenvalue weighted by molar-refractivity contribution is -0.154. The first-order valence-electron chi connectivity index (χ1n) is 12.6. The molecule has 194 valence electrons. The summed E-state index contributed by atoms with van der Waals surface area (Å²) in [6, 6.07) is 19.5. The van der Waals surface area contributed by atoms with Crippen LogP contribution < -0.4 is 4.74 Å². The highest BCUT2D eigenvalue weighted by Crippen LogP contribution is 2.68. The number of aromatic nitrogens is 1. The number of aliphatic hydroxyl groups is 2. The molecule has 2 fully saturated rings. The molecule has 1 saturated carbocycles. The molecule has 3 aromatic rings. The zero-order chi connectivity index (χ0) is 26.0. The molecule has 5 unspecified atom stereocenters. The predicted molar refractivity (Wildman–Crippen MR) is 145 cm³/mol. The normalized spacial score (nSPS) is 32.5. The summed E-state index contributed by atoms with van der Waals surface area (Å²) in [5, 5.41) is 25.3. The number of aliphatic hydroxyl groups excluding tert-OH is 1. The number of hydrogen-bond acceptors (Lipinski definition) is 6. The van der Waals surface area contributed by atoms with Crippen LogP contribution in [0.15, 0.2) is 71.3 Å². The van der Waals surface area contributed by atoms with Gasteiger partial charge in [0.1, 0.15) is 11.4 Å². The van der Waals surface area contributed by atoms with Crippen LogP contribution in [0.1, 0.15) is 36.6 Å². The molecule has 6 nitrogen and oxygen atoms in total. The lowest BCUT2D eigenvalue weighted by Crippen LogP contribution is -2.55. The molecule has 3 aliphatic rings. The Bertz CT molecular complexity index is 1310. The van der Waals surface area contributed by atoms with Gasteiger partial charge in [0.25, 0.3) is 0 Å². The molecular formula is C29H30BrClN2O4. The number of halogens is 2. The molecule has 5 atom stereocenters. The van der Waals surface area contributed by atoms with Gasteiger partial charge in [0.05, 0.1) is 24.3 Å². The van der Waals surface area contributed by atoms with Crippen molar-refractivity contribution in [1.82, 2.24) is 9.88 Å². The first-order chi connectivity index (χ1) is 17.7. The standard InChI is InChI=1S/C29H30BrClN2O4/c1-27(2)17-36-13-12-33(27)16-22-24(18-6-4-3-5-7-18)29(19-8-10-20(30)11-9-19)28(35,26(22)34)25-23(37-29)14-21(31)15-32-25/h3-11,14-15,22,24,26,34-35H,12-13,16-17H2,1-2H3. The summed E-state index contributed by atoms with van der Waals surface area (Å²) in [5.41, 5.74) is -1.27. The zero-order valence-corrected chi connectivity index (χ0v) is 23.1. The molecule has 6 rings (SSSR count). The SMILES string of the molecule is CC1(C)COCCN1CC1C(O)C2(O)c3ncc(Cl)cc3OC2(c2ccc(Br)cc2)C1c1ccccc1. The maximum absolute atomic E-state index is 12.7. The van der Waals surface area contributed by atoms with Crippen LogP contribution in [0.25, 0.3) is 0 Å². The Hall–Kier alpha value is -2.00. The van der Waals surface area contributed by atoms with Crippen LogP contribution in [0.5, 0.6) is 5.75 Å². The van der Waals surface area contributed by atoms with Crippen LogP contribution in [0.4, 0.5) is 0 Å². The predicted octanol–water partition coefficient (Wildman–Crippen LogP) is 4.86. The first kappa shape index (κ1) is 25.3. The Labute approximate surface area is 230 Å². The van der Waals surface area contributed by atoms with Crippen LogP contribution in [-0.4, -0.2) is 58.0 Å². The molecule has 1 aliphatic carbocycles. The van der Waals surface area contributed by atoms with Crippen LogP contribution in [0.2, 0.25) is 5.02 Å². The van der Waals surface area contributed by atoms with E-state index in [-0.39, 0.29) is 17.4 Å². The smallest absolute Gasteiger partial charge is 0.181 e. The molecular weight excluding hydrogens is 556 g/mol. The van der Waals surface area contributed by atoms with Crippen molar-refractivity contribution in [2.24, 2.45) is 5.92 Å². The lowest BCUT2D eigenvalue weighted by Gasteiger charge is -2.45. The van der Waals surface area contributed by atoms with Crippen LogP contribution in [0, 0.1) is 5.92 Å². The average Bonchev–Trinajstić information content (AvgIpc) is 3.23. The van der Waals surface area contributed by atoms with Crippen molar-refractivity contribution in [2.75, 3.05) is 26.3 Å². The Morgan fingerprint density at radius 2 is 1.86 bits per heavy atom. The van der Waals surface area contributed by atoms with Gasteiger partial charge in [0.15, 0.2) is 11.2 Å². The number of benzene rings is 2. The van der Waals surface area contributed by atoms with Gasteiger partial charge >= 0.3 is 0 Å². The third kappa shape index (κ3) is 3.70. The zero-order valence-electron chi connectivity index (χ0n) is 20.8. The Morgan fingerprint density at radius 1 is 1.14 bits per heavy atom. The highest BCUT2D eigenvalue weighted by atomic mass is 79.9. The third-order valence-corrected chi connectivity index (χ3v) is 9.13. The molecule has 37 heavy (non-hydrogen) atoms. The van der Waals surface area contributed by atoms with E-state index in [1.165, 1.54) is 6.20 Å². The van der Waals surface area contributed by atoms with Crippen molar-refractivity contribution in [2.45, 2.75) is 42.6 Å². The molecule has 0 bridgehead atoms. The van der Waals surface area contributed by atoms with Gasteiger partial charge in [-0.1, -0.05) is 70.0 Å². The molecule has 0 spiro atoms. The van der Waals surface area contributed by atoms with Crippen LogP contribution in [0.3, 0.4) is 0 Å². The molecule has 8 heteroatoms. The Balaban J connectivity index is 1.59. The maximum atomic E-state index is 12.7. The van der Waals surface area contributed by atoms with Gasteiger partial charge < -0.3 is 19.7 Å². The van der Waals surface area contributed by atoms with Crippen molar-refractivity contribution >= 4 is 27.5 Å². The van der Waals surface area contributed by atoms with E-state index in [2.05, 4.69) is 39.7 Å². The van der Waals surface area contributed by atoms with Gasteiger partial charge in [-0.05, 0) is 37.1 Å². The van der Waals surface area contributed by atoms with Crippen molar-refractivity contribution in [3.8, 4) is 5.75 Å². The summed E-state index contributed by atoms with van der Waals surface area (Å²) in [6.45, 7) is 6.84. The van der Waals surface area contributed by atoms with Gasteiger partial charge in [-0.3, -0.25) is 9.88 Å². The molecule has 2 aromatic carbocycles. The second kappa shape index (κ2) is 9.04. The second-order valence-corrected chi connectivity index (χ2v) is 12.3. The monoisotopic (exact) mass is 584 g/mol. The van der Waals surface area contributed by atoms with Gasteiger partial charge in [-0.2, -0.15) is 0 Å². The van der Waals surface area contributed by atoms with Crippen molar-refractivity contribution in [3.05, 3.63) is 93.2 Å². The minimum Gasteiger partial charge on any atom is -0.476 e. The first-order valence-corrected chi connectivity index (χ1v) is 13.7. The van der Waals surface area contributed by atoms with E-state index in [4.69, 9.17) is 21.1 Å². The second-order valence-electron chi connectivity index (χ2n) is 10.9. The van der Waals surface area contributed by atoms with E-state index in [0.717, 1.165) is 22.1 Å². The molecule has 0 amide bonds. The number of pyridine rings is 1. The number of hydrogen-bond donors (Lipinski definition) is 2. The summed E-state index contributed by atoms with van der Waals surface area (Å²) >= 11 is 9.84. The average molecular weight is 586 g/mol. The maximum Gasteiger partial charge on any atom is 0.181 e. The quantitative estimate of drug-likeness (QED) is 0.456. The topological polar surface area (TPSA) is 75.1 Å². The van der Waals surface area contributed by atoms with E-state index in [1.54, 1.807) is 6.07 Å². The molecule has 1 aromatic heterocycles. The van der Waals surface area contributed by atoms with E-state index in [0.29, 0.717) is 36.2 Å². The Kier molecular flexibility index (Phi) is 6.18. The van der Waals surface area contributed by atoms with E-state index >= 15 is 0 Å². The summed E-state index contributed by atoms with van der Waals surface area (Å²) < 4.78 is 13.5. The summed E-state index contributed by atoms with van der Waals surface area (Å²) in [5.74, 6) is -0.358. The van der Waals surface area contributed by atoms with Crippen LogP contribution in [-0.2, 0) is 15.9 Å². The highest BCUT2D eigenvalue weighted by Gasteiger charge is 2.76. The fourth-order valence-corrected chi connectivity index (χ4v) is 7.07. The molecule has 1 saturated heterocycles. The van der Waals surface area contributed by atoms with Crippen LogP contribution >= 0.6 is 27.5 Å². The minimum absolute atomic E-state index is 0.213. The van der Waals surface area contributed by atoms with Crippen molar-refractivity contribution < 1.29 is 19.7 Å². The number of nitrogens with zero attached hydrogens (tertiary/aromatic N) is 2. The number of morpholine rings is 1. The Morgan fingerprint density at radius 3 is 2.57 bits per heavy atom. The van der Waals surface area contributed by atoms with E-state index in [9.17, 15) is 10.2 Å². The number of fused-ring (bicyclic) bond motifs is 3. The van der Waals surface area contributed by atoms with Gasteiger partial charge in [0.2, 0.25) is 0 Å². The summed E-state index contributed by atoms with van der Waals surface area (Å²) in [6.07, 6.45) is 0.345. The fourth-order valence-electron chi connectivity index (χ4n) is 6.65. The molecule has 0 radical (unpaired) electrons. The minimum atomic E-state index is -1.80. The van der Waals surface area contributed by atoms with E-state index < -0.39 is 17.3 Å². The van der Waals surface area contributed by atoms with Crippen molar-refractivity contribution in [1.29, 1.82) is 0 Å². The largest absolute Gasteiger partial charge is 0.476 e. The number of rotatable bonds is 4. The molecule has 2 aliphatic heterocycles. The highest BCUT2D eigenvalue weighted by molar-refractivity contribution is 9.10. The number of ether oxygens (including phenoxy) is 2. The summed E-state index contributed by atoms with van der Waals surface area (Å²) in [7, 11) is 0. The fraction of sp³-hybridized carbons (Fsp3) is 0.414. The molecule has 3 heterocycles. The lowest BCUT2D eigenvalue weighted by atomic mass is 9.71. The third-order valence-electron chi connectivity index (χ3n) is 8.40. The summed E-state index contributed by atoms with van der Waals surface area (Å²) in [4.78, 5) is 6.90. The molecule has 2 N–H and O–H groups in total.